The third kappa shape index (κ3) is 2.47. The van der Waals surface area contributed by atoms with E-state index in [0.29, 0.717) is 0 Å². The maximum Gasteiger partial charge on any atom is 0.168 e. The van der Waals surface area contributed by atoms with Crippen molar-refractivity contribution in [3.05, 3.63) is 23.9 Å². The number of pyridine rings is 1. The minimum atomic E-state index is -0.663. The number of halogens is 2. The molecule has 1 aliphatic rings. The highest BCUT2D eigenvalue weighted by atomic mass is 19.1. The molecule has 1 aromatic rings. The molecule has 0 spiro atoms. The zero-order chi connectivity index (χ0) is 11.5. The van der Waals surface area contributed by atoms with E-state index in [1.807, 2.05) is 0 Å². The van der Waals surface area contributed by atoms with E-state index in [1.54, 1.807) is 7.11 Å². The van der Waals surface area contributed by atoms with Crippen LogP contribution in [0.15, 0.2) is 12.3 Å². The van der Waals surface area contributed by atoms with Crippen molar-refractivity contribution in [3.63, 3.8) is 0 Å². The van der Waals surface area contributed by atoms with Crippen LogP contribution in [-0.4, -0.2) is 24.2 Å². The Bertz CT molecular complexity index is 373. The number of methoxy groups -OCH3 is 1. The molecule has 2 rings (SSSR count). The molecule has 88 valence electrons. The van der Waals surface area contributed by atoms with Crippen molar-refractivity contribution in [1.29, 1.82) is 0 Å². The van der Waals surface area contributed by atoms with Crippen LogP contribution >= 0.6 is 0 Å². The second-order valence-corrected chi connectivity index (χ2v) is 4.00. The monoisotopic (exact) mass is 228 g/mol. The Morgan fingerprint density at radius 3 is 2.88 bits per heavy atom. The predicted molar refractivity (Wildman–Crippen MR) is 56.2 cm³/mol. The minimum absolute atomic E-state index is 0.114. The molecule has 1 fully saturated rings. The fourth-order valence-corrected chi connectivity index (χ4v) is 2.00. The molecule has 1 N–H and O–H groups in total. The van der Waals surface area contributed by atoms with E-state index in [4.69, 9.17) is 4.74 Å². The van der Waals surface area contributed by atoms with E-state index in [0.717, 1.165) is 31.5 Å². The van der Waals surface area contributed by atoms with E-state index in [9.17, 15) is 8.78 Å². The summed E-state index contributed by atoms with van der Waals surface area (Å²) in [6.07, 6.45) is 3.93. The van der Waals surface area contributed by atoms with Gasteiger partial charge in [0.1, 0.15) is 5.82 Å². The maximum atomic E-state index is 13.3. The molecule has 0 saturated heterocycles. The normalized spacial score (nSPS) is 24.7. The minimum Gasteiger partial charge on any atom is -0.381 e. The topological polar surface area (TPSA) is 34.1 Å². The lowest BCUT2D eigenvalue weighted by molar-refractivity contribution is 0.108. The SMILES string of the molecule is COC1CCC(Nc2ncc(F)cc2F)C1. The van der Waals surface area contributed by atoms with Gasteiger partial charge in [0.25, 0.3) is 0 Å². The predicted octanol–water partition coefficient (Wildman–Crippen LogP) is 2.34. The number of rotatable bonds is 3. The summed E-state index contributed by atoms with van der Waals surface area (Å²) >= 11 is 0. The van der Waals surface area contributed by atoms with Crippen LogP contribution in [0.1, 0.15) is 19.3 Å². The van der Waals surface area contributed by atoms with Crippen molar-refractivity contribution in [1.82, 2.24) is 4.98 Å². The lowest BCUT2D eigenvalue weighted by Gasteiger charge is -2.13. The van der Waals surface area contributed by atoms with Gasteiger partial charge >= 0.3 is 0 Å². The number of hydrogen-bond acceptors (Lipinski definition) is 3. The summed E-state index contributed by atoms with van der Waals surface area (Å²) in [5, 5.41) is 2.97. The van der Waals surface area contributed by atoms with Crippen LogP contribution in [-0.2, 0) is 4.74 Å². The Morgan fingerprint density at radius 2 is 2.25 bits per heavy atom. The molecule has 1 saturated carbocycles. The first-order chi connectivity index (χ1) is 7.69. The highest BCUT2D eigenvalue weighted by Gasteiger charge is 2.25. The lowest BCUT2D eigenvalue weighted by atomic mass is 10.2. The van der Waals surface area contributed by atoms with E-state index in [-0.39, 0.29) is 18.0 Å². The zero-order valence-corrected chi connectivity index (χ0v) is 9.04. The van der Waals surface area contributed by atoms with Gasteiger partial charge in [-0.1, -0.05) is 0 Å². The lowest BCUT2D eigenvalue weighted by Crippen LogP contribution is -2.19. The molecular formula is C11H14F2N2O. The van der Waals surface area contributed by atoms with Gasteiger partial charge in [-0.15, -0.1) is 0 Å². The van der Waals surface area contributed by atoms with Gasteiger partial charge in [0.05, 0.1) is 12.3 Å². The van der Waals surface area contributed by atoms with Gasteiger partial charge in [-0.3, -0.25) is 0 Å². The van der Waals surface area contributed by atoms with Gasteiger partial charge in [0.15, 0.2) is 11.6 Å². The highest BCUT2D eigenvalue weighted by molar-refractivity contribution is 5.37. The standard InChI is InChI=1S/C11H14F2N2O/c1-16-9-3-2-8(5-9)15-11-10(13)4-7(12)6-14-11/h4,6,8-9H,2-3,5H2,1H3,(H,14,15). The maximum absolute atomic E-state index is 13.3. The molecule has 3 nitrogen and oxygen atoms in total. The van der Waals surface area contributed by atoms with Crippen LogP contribution in [0.2, 0.25) is 0 Å². The van der Waals surface area contributed by atoms with Crippen molar-refractivity contribution in [3.8, 4) is 0 Å². The molecule has 1 aromatic heterocycles. The Kier molecular flexibility index (Phi) is 3.33. The summed E-state index contributed by atoms with van der Waals surface area (Å²) in [5.41, 5.74) is 0. The Balaban J connectivity index is 1.99. The molecule has 0 aromatic carbocycles. The molecule has 16 heavy (non-hydrogen) atoms. The second-order valence-electron chi connectivity index (χ2n) is 4.00. The van der Waals surface area contributed by atoms with Crippen LogP contribution in [0.4, 0.5) is 14.6 Å². The summed E-state index contributed by atoms with van der Waals surface area (Å²) < 4.78 is 31.1. The third-order valence-corrected chi connectivity index (χ3v) is 2.87. The van der Waals surface area contributed by atoms with E-state index >= 15 is 0 Å². The molecule has 0 aliphatic heterocycles. The fourth-order valence-electron chi connectivity index (χ4n) is 2.00. The van der Waals surface area contributed by atoms with Crippen LogP contribution < -0.4 is 5.32 Å². The Labute approximate surface area is 92.8 Å². The number of aromatic nitrogens is 1. The summed E-state index contributed by atoms with van der Waals surface area (Å²) in [7, 11) is 1.67. The Morgan fingerprint density at radius 1 is 1.44 bits per heavy atom. The first kappa shape index (κ1) is 11.3. The number of nitrogens with one attached hydrogen (secondary N) is 1. The average Bonchev–Trinajstić information content (AvgIpc) is 2.70. The number of anilines is 1. The smallest absolute Gasteiger partial charge is 0.168 e. The molecule has 0 amide bonds. The zero-order valence-electron chi connectivity index (χ0n) is 9.04. The molecule has 0 radical (unpaired) electrons. The van der Waals surface area contributed by atoms with Gasteiger partial charge in [0, 0.05) is 19.2 Å². The van der Waals surface area contributed by atoms with Gasteiger partial charge in [-0.05, 0) is 19.3 Å². The second kappa shape index (κ2) is 4.74. The summed E-state index contributed by atoms with van der Waals surface area (Å²) in [6, 6.07) is 0.982. The van der Waals surface area contributed by atoms with E-state index in [2.05, 4.69) is 10.3 Å². The number of ether oxygens (including phenoxy) is 1. The van der Waals surface area contributed by atoms with Gasteiger partial charge < -0.3 is 10.1 Å². The molecule has 2 atom stereocenters. The van der Waals surface area contributed by atoms with Crippen LogP contribution in [0.3, 0.4) is 0 Å². The van der Waals surface area contributed by atoms with Gasteiger partial charge in [-0.25, -0.2) is 13.8 Å². The van der Waals surface area contributed by atoms with Crippen molar-refractivity contribution in [2.24, 2.45) is 0 Å². The first-order valence-electron chi connectivity index (χ1n) is 5.29. The summed E-state index contributed by atoms with van der Waals surface area (Å²) in [4.78, 5) is 3.69. The van der Waals surface area contributed by atoms with Crippen molar-refractivity contribution in [2.45, 2.75) is 31.4 Å². The van der Waals surface area contributed by atoms with Crippen LogP contribution in [0.25, 0.3) is 0 Å². The molecule has 1 aliphatic carbocycles. The largest absolute Gasteiger partial charge is 0.381 e. The van der Waals surface area contributed by atoms with E-state index < -0.39 is 11.6 Å². The molecule has 1 heterocycles. The summed E-state index contributed by atoms with van der Waals surface area (Å²) in [6.45, 7) is 0. The molecule has 2 unspecified atom stereocenters. The fraction of sp³-hybridized carbons (Fsp3) is 0.545. The van der Waals surface area contributed by atoms with Crippen molar-refractivity contribution in [2.75, 3.05) is 12.4 Å². The van der Waals surface area contributed by atoms with E-state index in [1.165, 1.54) is 0 Å². The molecule has 5 heteroatoms. The first-order valence-corrected chi connectivity index (χ1v) is 5.29. The molecule has 0 bridgehead atoms. The summed E-state index contributed by atoms with van der Waals surface area (Å²) in [5.74, 6) is -1.20. The quantitative estimate of drug-likeness (QED) is 0.862. The average molecular weight is 228 g/mol. The van der Waals surface area contributed by atoms with Crippen LogP contribution in [0.5, 0.6) is 0 Å². The van der Waals surface area contributed by atoms with Crippen molar-refractivity contribution < 1.29 is 13.5 Å². The highest BCUT2D eigenvalue weighted by Crippen LogP contribution is 2.25. The Hall–Kier alpha value is -1.23. The number of hydrogen-bond donors (Lipinski definition) is 1. The van der Waals surface area contributed by atoms with Crippen LogP contribution in [0, 0.1) is 11.6 Å². The third-order valence-electron chi connectivity index (χ3n) is 2.87. The van der Waals surface area contributed by atoms with Gasteiger partial charge in [0.2, 0.25) is 0 Å². The van der Waals surface area contributed by atoms with Crippen molar-refractivity contribution >= 4 is 5.82 Å². The van der Waals surface area contributed by atoms with Gasteiger partial charge in [-0.2, -0.15) is 0 Å². The number of nitrogens with zero attached hydrogens (tertiary/aromatic N) is 1. The molecular weight excluding hydrogens is 214 g/mol.